The summed E-state index contributed by atoms with van der Waals surface area (Å²) in [5, 5.41) is 4.29. The normalized spacial score (nSPS) is 10.9. The third-order valence-electron chi connectivity index (χ3n) is 4.78. The molecule has 0 aliphatic heterocycles. The highest BCUT2D eigenvalue weighted by Crippen LogP contribution is 2.24. The fourth-order valence-electron chi connectivity index (χ4n) is 3.39. The van der Waals surface area contributed by atoms with Gasteiger partial charge in [-0.2, -0.15) is 0 Å². The molecule has 0 saturated heterocycles. The second-order valence-electron chi connectivity index (χ2n) is 6.54. The maximum Gasteiger partial charge on any atom is 0.220 e. The number of halogens is 1. The molecular weight excluding hydrogens is 404 g/mol. The van der Waals surface area contributed by atoms with Crippen molar-refractivity contribution in [3.63, 3.8) is 0 Å². The van der Waals surface area contributed by atoms with Crippen LogP contribution < -0.4 is 10.1 Å². The number of fused-ring (bicyclic) bond motifs is 1. The molecule has 0 fully saturated rings. The average Bonchev–Trinajstić information content (AvgIpc) is 3.04. The molecule has 5 heteroatoms. The molecule has 3 rings (SSSR count). The van der Waals surface area contributed by atoms with Crippen LogP contribution in [-0.2, 0) is 24.3 Å². The van der Waals surface area contributed by atoms with Crippen LogP contribution in [0.5, 0.6) is 5.75 Å². The summed E-state index contributed by atoms with van der Waals surface area (Å²) in [5.74, 6) is 0.849. The van der Waals surface area contributed by atoms with Gasteiger partial charge in [-0.05, 0) is 49.6 Å². The zero-order chi connectivity index (χ0) is 19.2. The lowest BCUT2D eigenvalue weighted by Crippen LogP contribution is -2.22. The van der Waals surface area contributed by atoms with E-state index in [1.54, 1.807) is 7.11 Å². The van der Waals surface area contributed by atoms with Crippen LogP contribution in [0.3, 0.4) is 0 Å². The summed E-state index contributed by atoms with van der Waals surface area (Å²) in [5.41, 5.74) is 3.54. The maximum absolute atomic E-state index is 12.2. The summed E-state index contributed by atoms with van der Waals surface area (Å²) in [6, 6.07) is 14.3. The summed E-state index contributed by atoms with van der Waals surface area (Å²) in [6.45, 7) is 3.58. The molecule has 0 atom stereocenters. The molecule has 0 aliphatic carbocycles. The van der Waals surface area contributed by atoms with Crippen molar-refractivity contribution >= 4 is 32.7 Å². The lowest BCUT2D eigenvalue weighted by atomic mass is 10.1. The first kappa shape index (κ1) is 19.5. The standard InChI is InChI=1S/C22H25BrN2O2/c1-3-25-15-16(19-8-4-5-9-20(19)25)7-6-10-22(26)24-14-17-13-18(23)11-12-21(17)27-2/h4-5,8-9,11-13,15H,3,6-7,10,14H2,1-2H3,(H,24,26). The quantitative estimate of drug-likeness (QED) is 0.543. The summed E-state index contributed by atoms with van der Waals surface area (Å²) in [7, 11) is 1.64. The van der Waals surface area contributed by atoms with Crippen molar-refractivity contribution in [2.24, 2.45) is 0 Å². The van der Waals surface area contributed by atoms with Gasteiger partial charge in [0, 0.05) is 46.6 Å². The Morgan fingerprint density at radius 1 is 1.19 bits per heavy atom. The summed E-state index contributed by atoms with van der Waals surface area (Å²) in [6.07, 6.45) is 4.47. The van der Waals surface area contributed by atoms with Gasteiger partial charge >= 0.3 is 0 Å². The van der Waals surface area contributed by atoms with E-state index < -0.39 is 0 Å². The Labute approximate surface area is 168 Å². The Morgan fingerprint density at radius 3 is 2.78 bits per heavy atom. The molecule has 3 aromatic rings. The minimum Gasteiger partial charge on any atom is -0.496 e. The Balaban J connectivity index is 1.54. The van der Waals surface area contributed by atoms with Crippen molar-refractivity contribution in [3.8, 4) is 5.75 Å². The molecule has 1 heterocycles. The van der Waals surface area contributed by atoms with Crippen molar-refractivity contribution in [2.75, 3.05) is 7.11 Å². The topological polar surface area (TPSA) is 43.3 Å². The van der Waals surface area contributed by atoms with E-state index in [1.807, 2.05) is 18.2 Å². The van der Waals surface area contributed by atoms with E-state index in [9.17, 15) is 4.79 Å². The van der Waals surface area contributed by atoms with Gasteiger partial charge in [-0.3, -0.25) is 4.79 Å². The van der Waals surface area contributed by atoms with E-state index in [-0.39, 0.29) is 5.91 Å². The molecule has 27 heavy (non-hydrogen) atoms. The maximum atomic E-state index is 12.2. The highest BCUT2D eigenvalue weighted by Gasteiger charge is 2.09. The van der Waals surface area contributed by atoms with E-state index in [0.717, 1.165) is 35.2 Å². The third-order valence-corrected chi connectivity index (χ3v) is 5.27. The fourth-order valence-corrected chi connectivity index (χ4v) is 3.80. The third kappa shape index (κ3) is 4.72. The zero-order valence-electron chi connectivity index (χ0n) is 15.8. The predicted molar refractivity (Wildman–Crippen MR) is 113 cm³/mol. The molecular formula is C22H25BrN2O2. The monoisotopic (exact) mass is 428 g/mol. The van der Waals surface area contributed by atoms with Gasteiger partial charge < -0.3 is 14.6 Å². The Kier molecular flexibility index (Phi) is 6.56. The van der Waals surface area contributed by atoms with Crippen LogP contribution in [0.25, 0.3) is 10.9 Å². The first-order chi connectivity index (χ1) is 13.1. The number of aryl methyl sites for hydroxylation is 2. The van der Waals surface area contributed by atoms with Crippen LogP contribution in [0, 0.1) is 0 Å². The molecule has 0 radical (unpaired) electrons. The van der Waals surface area contributed by atoms with Crippen molar-refractivity contribution < 1.29 is 9.53 Å². The second kappa shape index (κ2) is 9.09. The number of carbonyl (C=O) groups is 1. The number of amides is 1. The zero-order valence-corrected chi connectivity index (χ0v) is 17.4. The number of benzene rings is 2. The van der Waals surface area contributed by atoms with Crippen LogP contribution in [0.2, 0.25) is 0 Å². The molecule has 0 unspecified atom stereocenters. The van der Waals surface area contributed by atoms with E-state index in [1.165, 1.54) is 16.5 Å². The Bertz CT molecular complexity index is 933. The minimum absolute atomic E-state index is 0.0660. The van der Waals surface area contributed by atoms with Crippen molar-refractivity contribution in [3.05, 3.63) is 64.3 Å². The van der Waals surface area contributed by atoms with Crippen LogP contribution in [-0.4, -0.2) is 17.6 Å². The fraction of sp³-hybridized carbons (Fsp3) is 0.318. The highest BCUT2D eigenvalue weighted by atomic mass is 79.9. The van der Waals surface area contributed by atoms with Crippen molar-refractivity contribution in [1.29, 1.82) is 0 Å². The van der Waals surface area contributed by atoms with Gasteiger partial charge in [-0.25, -0.2) is 0 Å². The van der Waals surface area contributed by atoms with E-state index in [2.05, 4.69) is 63.2 Å². The molecule has 4 nitrogen and oxygen atoms in total. The first-order valence-corrected chi connectivity index (χ1v) is 10.1. The van der Waals surface area contributed by atoms with Gasteiger partial charge in [0.1, 0.15) is 5.75 Å². The number of carbonyl (C=O) groups excluding carboxylic acids is 1. The molecule has 0 saturated carbocycles. The van der Waals surface area contributed by atoms with Gasteiger partial charge in [0.2, 0.25) is 5.91 Å². The molecule has 1 amide bonds. The van der Waals surface area contributed by atoms with Gasteiger partial charge in [0.05, 0.1) is 7.11 Å². The average molecular weight is 429 g/mol. The Morgan fingerprint density at radius 2 is 2.00 bits per heavy atom. The number of nitrogens with one attached hydrogen (secondary N) is 1. The molecule has 0 spiro atoms. The van der Waals surface area contributed by atoms with Gasteiger partial charge in [-0.1, -0.05) is 34.1 Å². The van der Waals surface area contributed by atoms with E-state index >= 15 is 0 Å². The number of methoxy groups -OCH3 is 1. The summed E-state index contributed by atoms with van der Waals surface area (Å²) in [4.78, 5) is 12.2. The second-order valence-corrected chi connectivity index (χ2v) is 7.46. The van der Waals surface area contributed by atoms with Crippen molar-refractivity contribution in [1.82, 2.24) is 9.88 Å². The SMILES string of the molecule is CCn1cc(CCCC(=O)NCc2cc(Br)ccc2OC)c2ccccc21. The number of hydrogen-bond acceptors (Lipinski definition) is 2. The van der Waals surface area contributed by atoms with Crippen LogP contribution in [0.4, 0.5) is 0 Å². The number of hydrogen-bond donors (Lipinski definition) is 1. The van der Waals surface area contributed by atoms with Crippen LogP contribution in [0.15, 0.2) is 53.1 Å². The summed E-state index contributed by atoms with van der Waals surface area (Å²) < 4.78 is 8.59. The molecule has 1 N–H and O–H groups in total. The number of para-hydroxylation sites is 1. The smallest absolute Gasteiger partial charge is 0.220 e. The number of ether oxygens (including phenoxy) is 1. The Hall–Kier alpha value is -2.27. The largest absolute Gasteiger partial charge is 0.496 e. The lowest BCUT2D eigenvalue weighted by Gasteiger charge is -2.10. The molecule has 142 valence electrons. The molecule has 0 aliphatic rings. The number of rotatable bonds is 8. The molecule has 1 aromatic heterocycles. The molecule has 0 bridgehead atoms. The predicted octanol–water partition coefficient (Wildman–Crippen LogP) is 5.07. The lowest BCUT2D eigenvalue weighted by molar-refractivity contribution is -0.121. The van der Waals surface area contributed by atoms with Gasteiger partial charge in [0.15, 0.2) is 0 Å². The number of nitrogens with zero attached hydrogens (tertiary/aromatic N) is 1. The van der Waals surface area contributed by atoms with Gasteiger partial charge in [0.25, 0.3) is 0 Å². The van der Waals surface area contributed by atoms with Gasteiger partial charge in [-0.15, -0.1) is 0 Å². The highest BCUT2D eigenvalue weighted by molar-refractivity contribution is 9.10. The van der Waals surface area contributed by atoms with E-state index in [0.29, 0.717) is 13.0 Å². The molecule has 2 aromatic carbocycles. The van der Waals surface area contributed by atoms with Crippen molar-refractivity contribution in [2.45, 2.75) is 39.3 Å². The van der Waals surface area contributed by atoms with Crippen LogP contribution in [0.1, 0.15) is 30.9 Å². The minimum atomic E-state index is 0.0660. The summed E-state index contributed by atoms with van der Waals surface area (Å²) >= 11 is 3.46. The van der Waals surface area contributed by atoms with Crippen LogP contribution >= 0.6 is 15.9 Å². The van der Waals surface area contributed by atoms with E-state index in [4.69, 9.17) is 4.74 Å². The number of aromatic nitrogens is 1. The first-order valence-electron chi connectivity index (χ1n) is 9.28.